The van der Waals surface area contributed by atoms with Gasteiger partial charge in [-0.1, -0.05) is 18.2 Å². The zero-order chi connectivity index (χ0) is 16.3. The molecular formula is C16H19NO4S. The van der Waals surface area contributed by atoms with E-state index in [2.05, 4.69) is 4.72 Å². The molecule has 0 unspecified atom stereocenters. The van der Waals surface area contributed by atoms with Crippen LogP contribution >= 0.6 is 0 Å². The lowest BCUT2D eigenvalue weighted by molar-refractivity contribution is 0.354. The van der Waals surface area contributed by atoms with E-state index in [9.17, 15) is 8.42 Å². The summed E-state index contributed by atoms with van der Waals surface area (Å²) in [5.41, 5.74) is 2.32. The van der Waals surface area contributed by atoms with Crippen molar-refractivity contribution >= 4 is 15.7 Å². The Kier molecular flexibility index (Phi) is 4.61. The van der Waals surface area contributed by atoms with Crippen LogP contribution in [0.5, 0.6) is 11.5 Å². The van der Waals surface area contributed by atoms with Gasteiger partial charge in [0.2, 0.25) is 0 Å². The number of rotatable bonds is 5. The van der Waals surface area contributed by atoms with Crippen LogP contribution in [0.1, 0.15) is 11.1 Å². The average Bonchev–Trinajstić information content (AvgIpc) is 2.50. The lowest BCUT2D eigenvalue weighted by atomic mass is 10.1. The molecule has 5 nitrogen and oxygen atoms in total. The summed E-state index contributed by atoms with van der Waals surface area (Å²) >= 11 is 0. The Morgan fingerprint density at radius 3 is 2.05 bits per heavy atom. The van der Waals surface area contributed by atoms with Gasteiger partial charge in [0.1, 0.15) is 0 Å². The highest BCUT2D eigenvalue weighted by atomic mass is 32.2. The molecule has 0 bridgehead atoms. The van der Waals surface area contributed by atoms with Gasteiger partial charge in [-0.2, -0.15) is 0 Å². The van der Waals surface area contributed by atoms with Crippen molar-refractivity contribution in [1.82, 2.24) is 0 Å². The second kappa shape index (κ2) is 6.27. The maximum atomic E-state index is 12.6. The summed E-state index contributed by atoms with van der Waals surface area (Å²) in [5.74, 6) is 0.848. The normalized spacial score (nSPS) is 11.1. The number of hydrogen-bond donors (Lipinski definition) is 1. The van der Waals surface area contributed by atoms with Crippen LogP contribution in [0.4, 0.5) is 5.69 Å². The van der Waals surface area contributed by atoms with Gasteiger partial charge in [0.15, 0.2) is 11.5 Å². The van der Waals surface area contributed by atoms with Crippen LogP contribution in [-0.4, -0.2) is 22.6 Å². The summed E-state index contributed by atoms with van der Waals surface area (Å²) in [5, 5.41) is 0. The van der Waals surface area contributed by atoms with Crippen molar-refractivity contribution in [2.45, 2.75) is 18.7 Å². The third-order valence-corrected chi connectivity index (χ3v) is 4.73. The maximum Gasteiger partial charge on any atom is 0.262 e. The highest BCUT2D eigenvalue weighted by Crippen LogP contribution is 2.31. The van der Waals surface area contributed by atoms with E-state index < -0.39 is 10.0 Å². The van der Waals surface area contributed by atoms with Gasteiger partial charge in [0, 0.05) is 6.07 Å². The number of hydrogen-bond acceptors (Lipinski definition) is 4. The highest BCUT2D eigenvalue weighted by molar-refractivity contribution is 7.92. The molecule has 0 aliphatic rings. The van der Waals surface area contributed by atoms with Gasteiger partial charge in [0.25, 0.3) is 10.0 Å². The summed E-state index contributed by atoms with van der Waals surface area (Å²) in [7, 11) is -0.735. The topological polar surface area (TPSA) is 64.6 Å². The van der Waals surface area contributed by atoms with E-state index in [0.717, 1.165) is 11.1 Å². The second-order valence-corrected chi connectivity index (χ2v) is 6.57. The van der Waals surface area contributed by atoms with E-state index in [0.29, 0.717) is 17.2 Å². The molecule has 0 saturated carbocycles. The van der Waals surface area contributed by atoms with Crippen molar-refractivity contribution < 1.29 is 17.9 Å². The fourth-order valence-corrected chi connectivity index (χ4v) is 3.37. The summed E-state index contributed by atoms with van der Waals surface area (Å²) in [6.07, 6.45) is 0. The zero-order valence-corrected chi connectivity index (χ0v) is 13.8. The molecular weight excluding hydrogens is 302 g/mol. The molecule has 2 aromatic rings. The minimum absolute atomic E-state index is 0.118. The Labute approximate surface area is 130 Å². The van der Waals surface area contributed by atoms with Crippen molar-refractivity contribution in [3.05, 3.63) is 47.5 Å². The number of anilines is 1. The average molecular weight is 321 g/mol. The zero-order valence-electron chi connectivity index (χ0n) is 13.0. The molecule has 0 aromatic heterocycles. The Hall–Kier alpha value is -2.21. The van der Waals surface area contributed by atoms with Crippen molar-refractivity contribution in [3.63, 3.8) is 0 Å². The lowest BCUT2D eigenvalue weighted by Crippen LogP contribution is -2.14. The largest absolute Gasteiger partial charge is 0.493 e. The number of nitrogens with one attached hydrogen (secondary N) is 1. The predicted molar refractivity (Wildman–Crippen MR) is 86.3 cm³/mol. The molecule has 0 heterocycles. The molecule has 0 aliphatic carbocycles. The fourth-order valence-electron chi connectivity index (χ4n) is 2.15. The first-order valence-electron chi connectivity index (χ1n) is 6.70. The third-order valence-electron chi connectivity index (χ3n) is 3.38. The molecule has 0 amide bonds. The van der Waals surface area contributed by atoms with Gasteiger partial charge in [-0.15, -0.1) is 0 Å². The number of para-hydroxylation sites is 1. The molecule has 2 aromatic carbocycles. The highest BCUT2D eigenvalue weighted by Gasteiger charge is 2.18. The van der Waals surface area contributed by atoms with E-state index in [1.54, 1.807) is 6.07 Å². The minimum atomic E-state index is -3.70. The first-order chi connectivity index (χ1) is 10.4. The fraction of sp³-hybridized carbons (Fsp3) is 0.250. The predicted octanol–water partition coefficient (Wildman–Crippen LogP) is 3.12. The van der Waals surface area contributed by atoms with Gasteiger partial charge in [0.05, 0.1) is 24.8 Å². The molecule has 0 fully saturated rings. The molecule has 2 rings (SSSR count). The molecule has 0 radical (unpaired) electrons. The number of ether oxygens (including phenoxy) is 2. The van der Waals surface area contributed by atoms with Crippen molar-refractivity contribution in [2.24, 2.45) is 0 Å². The van der Waals surface area contributed by atoms with Crippen molar-refractivity contribution in [3.8, 4) is 11.5 Å². The van der Waals surface area contributed by atoms with E-state index in [4.69, 9.17) is 9.47 Å². The molecule has 0 saturated heterocycles. The molecule has 0 aliphatic heterocycles. The second-order valence-electron chi connectivity index (χ2n) is 4.89. The van der Waals surface area contributed by atoms with Gasteiger partial charge < -0.3 is 9.47 Å². The molecule has 6 heteroatoms. The Morgan fingerprint density at radius 2 is 1.50 bits per heavy atom. The Morgan fingerprint density at radius 1 is 0.909 bits per heavy atom. The van der Waals surface area contributed by atoms with Crippen LogP contribution in [0.3, 0.4) is 0 Å². The molecule has 0 atom stereocenters. The quantitative estimate of drug-likeness (QED) is 0.919. The number of benzene rings is 2. The molecule has 0 spiro atoms. The van der Waals surface area contributed by atoms with Gasteiger partial charge in [-0.25, -0.2) is 8.42 Å². The lowest BCUT2D eigenvalue weighted by Gasteiger charge is -2.14. The maximum absolute atomic E-state index is 12.6. The summed E-state index contributed by atoms with van der Waals surface area (Å²) < 4.78 is 38.0. The van der Waals surface area contributed by atoms with Gasteiger partial charge in [-0.05, 0) is 37.1 Å². The Balaban J connectivity index is 2.43. The van der Waals surface area contributed by atoms with Crippen LogP contribution in [-0.2, 0) is 10.0 Å². The summed E-state index contributed by atoms with van der Waals surface area (Å²) in [6, 6.07) is 10.1. The van der Waals surface area contributed by atoms with Crippen LogP contribution in [0.2, 0.25) is 0 Å². The van der Waals surface area contributed by atoms with Gasteiger partial charge >= 0.3 is 0 Å². The van der Waals surface area contributed by atoms with E-state index in [1.807, 2.05) is 32.0 Å². The van der Waals surface area contributed by atoms with Crippen LogP contribution in [0, 0.1) is 13.8 Å². The van der Waals surface area contributed by atoms with Crippen molar-refractivity contribution in [2.75, 3.05) is 18.9 Å². The van der Waals surface area contributed by atoms with Gasteiger partial charge in [-0.3, -0.25) is 4.72 Å². The Bertz CT molecular complexity index is 764. The number of sulfonamides is 1. The minimum Gasteiger partial charge on any atom is -0.493 e. The smallest absolute Gasteiger partial charge is 0.262 e. The summed E-state index contributed by atoms with van der Waals surface area (Å²) in [6.45, 7) is 3.72. The van der Waals surface area contributed by atoms with E-state index in [-0.39, 0.29) is 4.90 Å². The molecule has 118 valence electrons. The van der Waals surface area contributed by atoms with Crippen LogP contribution in [0.25, 0.3) is 0 Å². The molecule has 1 N–H and O–H groups in total. The number of methoxy groups -OCH3 is 2. The van der Waals surface area contributed by atoms with Crippen LogP contribution in [0.15, 0.2) is 41.3 Å². The molecule has 22 heavy (non-hydrogen) atoms. The third kappa shape index (κ3) is 3.17. The van der Waals surface area contributed by atoms with E-state index >= 15 is 0 Å². The van der Waals surface area contributed by atoms with E-state index in [1.165, 1.54) is 26.4 Å². The first kappa shape index (κ1) is 16.2. The first-order valence-corrected chi connectivity index (χ1v) is 8.18. The SMILES string of the molecule is COc1ccc(S(=O)(=O)Nc2c(C)cccc2C)cc1OC. The summed E-state index contributed by atoms with van der Waals surface area (Å²) in [4.78, 5) is 0.118. The monoisotopic (exact) mass is 321 g/mol. The standard InChI is InChI=1S/C16H19NO4S/c1-11-6-5-7-12(2)16(11)17-22(18,19)13-8-9-14(20-3)15(10-13)21-4/h5-10,17H,1-4H3. The van der Waals surface area contributed by atoms with Crippen molar-refractivity contribution in [1.29, 1.82) is 0 Å². The number of aryl methyl sites for hydroxylation is 2. The van der Waals surface area contributed by atoms with Crippen LogP contribution < -0.4 is 14.2 Å².